The zero-order chi connectivity index (χ0) is 10.6. The van der Waals surface area contributed by atoms with Gasteiger partial charge >= 0.3 is 5.97 Å². The molecule has 1 atom stereocenters. The van der Waals surface area contributed by atoms with E-state index in [-0.39, 0.29) is 5.82 Å². The summed E-state index contributed by atoms with van der Waals surface area (Å²) in [5.74, 6) is -0.373. The van der Waals surface area contributed by atoms with Crippen LogP contribution in [0.1, 0.15) is 6.92 Å². The maximum Gasteiger partial charge on any atom is 0.346 e. The van der Waals surface area contributed by atoms with E-state index >= 15 is 0 Å². The standard InChI is InChI=1S/C10H11FO3/c1-7(10(12)13-2)14-9-5-3-8(11)4-6-9/h3-7H,1-2H3. The molecule has 0 saturated heterocycles. The molecule has 4 heteroatoms. The van der Waals surface area contributed by atoms with Gasteiger partial charge in [-0.3, -0.25) is 0 Å². The lowest BCUT2D eigenvalue weighted by Gasteiger charge is -2.11. The van der Waals surface area contributed by atoms with Gasteiger partial charge < -0.3 is 9.47 Å². The maximum absolute atomic E-state index is 12.5. The van der Waals surface area contributed by atoms with E-state index in [2.05, 4.69) is 4.74 Å². The number of methoxy groups -OCH3 is 1. The molecule has 0 radical (unpaired) electrons. The molecule has 0 aliphatic carbocycles. The predicted molar refractivity (Wildman–Crippen MR) is 48.5 cm³/mol. The van der Waals surface area contributed by atoms with Gasteiger partial charge in [-0.2, -0.15) is 0 Å². The highest BCUT2D eigenvalue weighted by Crippen LogP contribution is 2.13. The van der Waals surface area contributed by atoms with Crippen LogP contribution in [0.25, 0.3) is 0 Å². The second kappa shape index (κ2) is 4.60. The topological polar surface area (TPSA) is 35.5 Å². The SMILES string of the molecule is COC(=O)C(C)Oc1ccc(F)cc1. The predicted octanol–water partition coefficient (Wildman–Crippen LogP) is 1.77. The van der Waals surface area contributed by atoms with Gasteiger partial charge in [-0.15, -0.1) is 0 Å². The number of carbonyl (C=O) groups excluding carboxylic acids is 1. The third-order valence-corrected chi connectivity index (χ3v) is 1.66. The highest BCUT2D eigenvalue weighted by atomic mass is 19.1. The lowest BCUT2D eigenvalue weighted by atomic mass is 10.3. The minimum Gasteiger partial charge on any atom is -0.479 e. The minimum atomic E-state index is -0.689. The summed E-state index contributed by atoms with van der Waals surface area (Å²) in [5.41, 5.74) is 0. The van der Waals surface area contributed by atoms with E-state index in [9.17, 15) is 9.18 Å². The van der Waals surface area contributed by atoms with Crippen LogP contribution in [0.15, 0.2) is 24.3 Å². The fraction of sp³-hybridized carbons (Fsp3) is 0.300. The summed E-state index contributed by atoms with van der Waals surface area (Å²) in [6.07, 6.45) is -0.689. The molecule has 0 aromatic heterocycles. The Morgan fingerprint density at radius 2 is 1.93 bits per heavy atom. The molecule has 0 aliphatic rings. The number of benzene rings is 1. The Morgan fingerprint density at radius 3 is 2.43 bits per heavy atom. The fourth-order valence-corrected chi connectivity index (χ4v) is 0.931. The molecule has 0 bridgehead atoms. The minimum absolute atomic E-state index is 0.344. The van der Waals surface area contributed by atoms with Crippen LogP contribution in [0.4, 0.5) is 4.39 Å². The number of ether oxygens (including phenoxy) is 2. The smallest absolute Gasteiger partial charge is 0.346 e. The number of halogens is 1. The third kappa shape index (κ3) is 2.73. The summed E-state index contributed by atoms with van der Waals surface area (Å²) in [7, 11) is 1.28. The van der Waals surface area contributed by atoms with Crippen molar-refractivity contribution in [1.82, 2.24) is 0 Å². The number of rotatable bonds is 3. The van der Waals surface area contributed by atoms with Crippen molar-refractivity contribution in [3.8, 4) is 5.75 Å². The van der Waals surface area contributed by atoms with E-state index in [4.69, 9.17) is 4.74 Å². The fourth-order valence-electron chi connectivity index (χ4n) is 0.931. The van der Waals surface area contributed by atoms with Gasteiger partial charge in [0, 0.05) is 0 Å². The molecule has 0 saturated carbocycles. The van der Waals surface area contributed by atoms with Gasteiger partial charge in [-0.1, -0.05) is 0 Å². The van der Waals surface area contributed by atoms with Gasteiger partial charge in [0.2, 0.25) is 0 Å². The van der Waals surface area contributed by atoms with E-state index in [1.807, 2.05) is 0 Å². The van der Waals surface area contributed by atoms with E-state index < -0.39 is 12.1 Å². The second-order valence-electron chi connectivity index (χ2n) is 2.74. The molecule has 1 rings (SSSR count). The van der Waals surface area contributed by atoms with Crippen LogP contribution in [-0.4, -0.2) is 19.2 Å². The van der Waals surface area contributed by atoms with Crippen molar-refractivity contribution in [3.63, 3.8) is 0 Å². The van der Waals surface area contributed by atoms with Gasteiger partial charge in [0.05, 0.1) is 7.11 Å². The molecular weight excluding hydrogens is 187 g/mol. The molecule has 0 spiro atoms. The summed E-state index contributed by atoms with van der Waals surface area (Å²) in [5, 5.41) is 0. The van der Waals surface area contributed by atoms with Crippen LogP contribution in [0.3, 0.4) is 0 Å². The maximum atomic E-state index is 12.5. The monoisotopic (exact) mass is 198 g/mol. The van der Waals surface area contributed by atoms with Crippen LogP contribution in [0, 0.1) is 5.82 Å². The molecule has 1 aromatic carbocycles. The van der Waals surface area contributed by atoms with E-state index in [0.29, 0.717) is 5.75 Å². The first-order valence-corrected chi connectivity index (χ1v) is 4.13. The molecule has 76 valence electrons. The average molecular weight is 198 g/mol. The summed E-state index contributed by atoms with van der Waals surface area (Å²) in [6.45, 7) is 1.56. The second-order valence-corrected chi connectivity index (χ2v) is 2.74. The average Bonchev–Trinajstić information content (AvgIpc) is 2.20. The Kier molecular flexibility index (Phi) is 3.45. The number of hydrogen-bond donors (Lipinski definition) is 0. The first-order chi connectivity index (χ1) is 6.63. The van der Waals surface area contributed by atoms with Crippen molar-refractivity contribution in [2.24, 2.45) is 0 Å². The van der Waals surface area contributed by atoms with Crippen LogP contribution in [-0.2, 0) is 9.53 Å². The quantitative estimate of drug-likeness (QED) is 0.694. The Labute approximate surface area is 81.4 Å². The van der Waals surface area contributed by atoms with Crippen molar-refractivity contribution in [3.05, 3.63) is 30.1 Å². The third-order valence-electron chi connectivity index (χ3n) is 1.66. The molecule has 3 nitrogen and oxygen atoms in total. The van der Waals surface area contributed by atoms with Crippen molar-refractivity contribution in [2.75, 3.05) is 7.11 Å². The number of carbonyl (C=O) groups is 1. The van der Waals surface area contributed by atoms with E-state index in [1.165, 1.54) is 31.4 Å². The van der Waals surface area contributed by atoms with Crippen molar-refractivity contribution >= 4 is 5.97 Å². The summed E-state index contributed by atoms with van der Waals surface area (Å²) >= 11 is 0. The molecule has 0 fully saturated rings. The first-order valence-electron chi connectivity index (χ1n) is 4.13. The van der Waals surface area contributed by atoms with Crippen LogP contribution >= 0.6 is 0 Å². The van der Waals surface area contributed by atoms with Gasteiger partial charge in [0.25, 0.3) is 0 Å². The van der Waals surface area contributed by atoms with Crippen molar-refractivity contribution in [2.45, 2.75) is 13.0 Å². The van der Waals surface area contributed by atoms with Crippen LogP contribution in [0.5, 0.6) is 5.75 Å². The Bertz CT molecular complexity index is 308. The highest BCUT2D eigenvalue weighted by Gasteiger charge is 2.14. The molecule has 0 amide bonds. The normalized spacial score (nSPS) is 11.9. The molecular formula is C10H11FO3. The first kappa shape index (κ1) is 10.5. The van der Waals surface area contributed by atoms with Crippen molar-refractivity contribution in [1.29, 1.82) is 0 Å². The van der Waals surface area contributed by atoms with Gasteiger partial charge in [0.15, 0.2) is 6.10 Å². The lowest BCUT2D eigenvalue weighted by Crippen LogP contribution is -2.24. The van der Waals surface area contributed by atoms with Gasteiger partial charge in [-0.05, 0) is 31.2 Å². The van der Waals surface area contributed by atoms with Gasteiger partial charge in [0.1, 0.15) is 11.6 Å². The lowest BCUT2D eigenvalue weighted by molar-refractivity contribution is -0.147. The van der Waals surface area contributed by atoms with Gasteiger partial charge in [-0.25, -0.2) is 9.18 Å². The Hall–Kier alpha value is -1.58. The zero-order valence-electron chi connectivity index (χ0n) is 7.99. The van der Waals surface area contributed by atoms with E-state index in [0.717, 1.165) is 0 Å². The molecule has 0 aliphatic heterocycles. The largest absolute Gasteiger partial charge is 0.479 e. The van der Waals surface area contributed by atoms with Crippen molar-refractivity contribution < 1.29 is 18.7 Å². The summed E-state index contributed by atoms with van der Waals surface area (Å²) in [4.78, 5) is 11.0. The Morgan fingerprint density at radius 1 is 1.36 bits per heavy atom. The van der Waals surface area contributed by atoms with Crippen LogP contribution < -0.4 is 4.74 Å². The molecule has 1 aromatic rings. The van der Waals surface area contributed by atoms with Crippen LogP contribution in [0.2, 0.25) is 0 Å². The molecule has 1 unspecified atom stereocenters. The molecule has 0 N–H and O–H groups in total. The molecule has 14 heavy (non-hydrogen) atoms. The number of esters is 1. The summed E-state index contributed by atoms with van der Waals surface area (Å²) < 4.78 is 22.2. The summed E-state index contributed by atoms with van der Waals surface area (Å²) in [6, 6.07) is 5.43. The Balaban J connectivity index is 2.60. The molecule has 0 heterocycles. The van der Waals surface area contributed by atoms with E-state index in [1.54, 1.807) is 6.92 Å². The highest BCUT2D eigenvalue weighted by molar-refractivity contribution is 5.74. The zero-order valence-corrected chi connectivity index (χ0v) is 7.99. The number of hydrogen-bond acceptors (Lipinski definition) is 3.